The molecule has 0 aliphatic heterocycles. The molecule has 0 unspecified atom stereocenters. The van der Waals surface area contributed by atoms with Crippen LogP contribution in [0.1, 0.15) is 17.5 Å². The van der Waals surface area contributed by atoms with E-state index in [-0.39, 0.29) is 30.0 Å². The normalized spacial score (nSPS) is 11.2. The first-order valence-corrected chi connectivity index (χ1v) is 11.7. The number of nitrogens with zero attached hydrogens (tertiary/aromatic N) is 6. The highest BCUT2D eigenvalue weighted by atomic mass is 16.2. The number of aromatic nitrogens is 6. The molecule has 0 bridgehead atoms. The summed E-state index contributed by atoms with van der Waals surface area (Å²) in [6, 6.07) is 15.1. The number of benzene rings is 2. The maximum atomic E-state index is 12.9. The summed E-state index contributed by atoms with van der Waals surface area (Å²) in [5, 5.41) is 8.07. The Morgan fingerprint density at radius 2 is 1.64 bits per heavy atom. The van der Waals surface area contributed by atoms with Crippen LogP contribution in [0.3, 0.4) is 0 Å². The number of hydrogen-bond donors (Lipinski definition) is 1. The number of para-hydroxylation sites is 1. The second-order valence-electron chi connectivity index (χ2n) is 8.63. The van der Waals surface area contributed by atoms with E-state index in [1.54, 1.807) is 27.4 Å². The molecule has 1 amide bonds. The molecule has 3 heterocycles. The summed E-state index contributed by atoms with van der Waals surface area (Å²) in [6.07, 6.45) is 4.64. The molecule has 0 fully saturated rings. The highest BCUT2D eigenvalue weighted by molar-refractivity contribution is 5.77. The Bertz CT molecular complexity index is 1670. The van der Waals surface area contributed by atoms with Gasteiger partial charge in [-0.25, -0.2) is 14.6 Å². The van der Waals surface area contributed by atoms with Gasteiger partial charge in [0.25, 0.3) is 11.1 Å². The lowest BCUT2D eigenvalue weighted by atomic mass is 10.1. The van der Waals surface area contributed by atoms with E-state index in [0.29, 0.717) is 41.6 Å². The monoisotopic (exact) mass is 483 g/mol. The highest BCUT2D eigenvalue weighted by Gasteiger charge is 2.11. The largest absolute Gasteiger partial charge is 0.354 e. The van der Waals surface area contributed by atoms with Crippen LogP contribution < -0.4 is 16.4 Å². The third-order valence-corrected chi connectivity index (χ3v) is 6.05. The second-order valence-corrected chi connectivity index (χ2v) is 8.63. The van der Waals surface area contributed by atoms with Crippen molar-refractivity contribution in [3.63, 3.8) is 0 Å². The minimum Gasteiger partial charge on any atom is -0.354 e. The van der Waals surface area contributed by atoms with Crippen LogP contribution in [0.25, 0.3) is 21.9 Å². The summed E-state index contributed by atoms with van der Waals surface area (Å²) in [7, 11) is 0. The minimum absolute atomic E-state index is 0.141. The van der Waals surface area contributed by atoms with Crippen molar-refractivity contribution >= 4 is 27.8 Å². The maximum absolute atomic E-state index is 12.9. The molecule has 0 spiro atoms. The molecule has 10 nitrogen and oxygen atoms in total. The van der Waals surface area contributed by atoms with Crippen LogP contribution >= 0.6 is 0 Å². The molecule has 0 radical (unpaired) electrons. The number of aryl methyl sites for hydroxylation is 2. The summed E-state index contributed by atoms with van der Waals surface area (Å²) >= 11 is 0. The fraction of sp³-hybridized carbons (Fsp3) is 0.231. The zero-order chi connectivity index (χ0) is 25.1. The Morgan fingerprint density at radius 1 is 0.889 bits per heavy atom. The minimum atomic E-state index is -0.195. The fourth-order valence-electron chi connectivity index (χ4n) is 4.04. The molecule has 0 aliphatic rings. The lowest BCUT2D eigenvalue weighted by Crippen LogP contribution is -2.30. The van der Waals surface area contributed by atoms with Crippen LogP contribution in [0, 0.1) is 6.92 Å². The van der Waals surface area contributed by atoms with Crippen molar-refractivity contribution in [2.75, 3.05) is 6.54 Å². The van der Waals surface area contributed by atoms with Crippen molar-refractivity contribution in [2.45, 2.75) is 33.0 Å². The molecule has 5 rings (SSSR count). The Kier molecular flexibility index (Phi) is 6.40. The van der Waals surface area contributed by atoms with E-state index in [9.17, 15) is 14.4 Å². The number of carbonyl (C=O) groups is 1. The van der Waals surface area contributed by atoms with Gasteiger partial charge in [-0.1, -0.05) is 42.0 Å². The topological polar surface area (TPSA) is 117 Å². The summed E-state index contributed by atoms with van der Waals surface area (Å²) in [5.41, 5.74) is 2.95. The molecule has 0 aliphatic carbocycles. The summed E-state index contributed by atoms with van der Waals surface area (Å²) in [5.74, 6) is -0.195. The van der Waals surface area contributed by atoms with E-state index >= 15 is 0 Å². The first kappa shape index (κ1) is 23.2. The number of rotatable bonds is 8. The molecule has 5 aromatic rings. The third kappa shape index (κ3) is 4.78. The number of carbonyl (C=O) groups excluding carboxylic acids is 1. The summed E-state index contributed by atoms with van der Waals surface area (Å²) < 4.78 is 4.60. The van der Waals surface area contributed by atoms with Crippen LogP contribution in [0.15, 0.2) is 77.0 Å². The molecule has 182 valence electrons. The van der Waals surface area contributed by atoms with Gasteiger partial charge in [0.05, 0.1) is 36.5 Å². The second kappa shape index (κ2) is 9.95. The Balaban J connectivity index is 1.18. The van der Waals surface area contributed by atoms with Gasteiger partial charge in [0.1, 0.15) is 11.7 Å². The van der Waals surface area contributed by atoms with Crippen molar-refractivity contribution in [1.29, 1.82) is 0 Å². The zero-order valence-electron chi connectivity index (χ0n) is 19.8. The van der Waals surface area contributed by atoms with E-state index in [4.69, 9.17) is 0 Å². The Hall–Kier alpha value is -4.60. The molecule has 0 saturated carbocycles. The van der Waals surface area contributed by atoms with E-state index in [2.05, 4.69) is 20.4 Å². The SMILES string of the molecule is Cc1ccc(Cn2cnc3c(cnn3CCNC(=O)CCn3cnc4ccccc4c3=O)c2=O)cc1. The Labute approximate surface area is 205 Å². The van der Waals surface area contributed by atoms with Crippen molar-refractivity contribution in [3.05, 3.63) is 99.2 Å². The average Bonchev–Trinajstić information content (AvgIpc) is 3.30. The third-order valence-electron chi connectivity index (χ3n) is 6.05. The predicted octanol–water partition coefficient (Wildman–Crippen LogP) is 1.87. The first-order valence-electron chi connectivity index (χ1n) is 11.7. The molecule has 2 aromatic carbocycles. The smallest absolute Gasteiger partial charge is 0.264 e. The lowest BCUT2D eigenvalue weighted by molar-refractivity contribution is -0.121. The van der Waals surface area contributed by atoms with Crippen molar-refractivity contribution < 1.29 is 4.79 Å². The van der Waals surface area contributed by atoms with Gasteiger partial charge in [-0.15, -0.1) is 0 Å². The molecule has 1 N–H and O–H groups in total. The van der Waals surface area contributed by atoms with Crippen molar-refractivity contribution in [3.8, 4) is 0 Å². The summed E-state index contributed by atoms with van der Waals surface area (Å²) in [6.45, 7) is 3.36. The van der Waals surface area contributed by atoms with Gasteiger partial charge in [-0.05, 0) is 24.6 Å². The average molecular weight is 484 g/mol. The molecular formula is C26H25N7O3. The highest BCUT2D eigenvalue weighted by Crippen LogP contribution is 2.08. The number of amides is 1. The fourth-order valence-corrected chi connectivity index (χ4v) is 4.04. The maximum Gasteiger partial charge on any atom is 0.264 e. The quantitative estimate of drug-likeness (QED) is 0.360. The van der Waals surface area contributed by atoms with E-state index in [0.717, 1.165) is 11.1 Å². The molecule has 3 aromatic heterocycles. The number of nitrogens with one attached hydrogen (secondary N) is 1. The van der Waals surface area contributed by atoms with Gasteiger partial charge in [0.15, 0.2) is 5.65 Å². The predicted molar refractivity (Wildman–Crippen MR) is 136 cm³/mol. The number of hydrogen-bond acceptors (Lipinski definition) is 6. The van der Waals surface area contributed by atoms with Gasteiger partial charge in [0.2, 0.25) is 5.91 Å². The van der Waals surface area contributed by atoms with Crippen LogP contribution in [0.2, 0.25) is 0 Å². The molecule has 0 saturated heterocycles. The van der Waals surface area contributed by atoms with Crippen molar-refractivity contribution in [1.82, 2.24) is 34.2 Å². The Morgan fingerprint density at radius 3 is 2.47 bits per heavy atom. The van der Waals surface area contributed by atoms with E-state index < -0.39 is 0 Å². The van der Waals surface area contributed by atoms with E-state index in [1.165, 1.54) is 23.4 Å². The van der Waals surface area contributed by atoms with Gasteiger partial charge >= 0.3 is 0 Å². The lowest BCUT2D eigenvalue weighted by Gasteiger charge is -2.09. The van der Waals surface area contributed by atoms with Gasteiger partial charge in [-0.2, -0.15) is 5.10 Å². The van der Waals surface area contributed by atoms with Crippen LogP contribution in [0.5, 0.6) is 0 Å². The van der Waals surface area contributed by atoms with Crippen molar-refractivity contribution in [2.24, 2.45) is 0 Å². The molecule has 10 heteroatoms. The van der Waals surface area contributed by atoms with Gasteiger partial charge in [0, 0.05) is 19.5 Å². The van der Waals surface area contributed by atoms with Gasteiger partial charge < -0.3 is 5.32 Å². The van der Waals surface area contributed by atoms with Crippen LogP contribution in [0.4, 0.5) is 0 Å². The zero-order valence-corrected chi connectivity index (χ0v) is 19.8. The van der Waals surface area contributed by atoms with Crippen LogP contribution in [-0.2, 0) is 24.4 Å². The molecule has 0 atom stereocenters. The summed E-state index contributed by atoms with van der Waals surface area (Å²) in [4.78, 5) is 46.5. The van der Waals surface area contributed by atoms with Gasteiger partial charge in [-0.3, -0.25) is 23.5 Å². The van der Waals surface area contributed by atoms with Crippen LogP contribution in [-0.4, -0.2) is 41.3 Å². The molecule has 36 heavy (non-hydrogen) atoms. The number of fused-ring (bicyclic) bond motifs is 2. The standard InChI is InChI=1S/C26H25N7O3/c1-18-6-8-19(9-7-18)15-32-17-29-24-21(26(32)36)14-30-33(24)13-11-27-23(34)10-12-31-16-28-22-5-3-2-4-20(22)25(31)35/h2-9,14,16-17H,10-13,15H2,1H3,(H,27,34). The first-order chi connectivity index (χ1) is 17.5. The van der Waals surface area contributed by atoms with E-state index in [1.807, 2.05) is 37.3 Å². The molecular weight excluding hydrogens is 458 g/mol.